The molecule has 1 N–H and O–H groups in total. The maximum absolute atomic E-state index is 12.0. The zero-order valence-corrected chi connectivity index (χ0v) is 15.4. The number of aromatic amines is 1. The highest BCUT2D eigenvalue weighted by Crippen LogP contribution is 2.24. The Bertz CT molecular complexity index is 627. The zero-order chi connectivity index (χ0) is 17.1. The van der Waals surface area contributed by atoms with Crippen LogP contribution in [0.1, 0.15) is 61.8 Å². The van der Waals surface area contributed by atoms with Gasteiger partial charge < -0.3 is 4.90 Å². The van der Waals surface area contributed by atoms with Crippen molar-refractivity contribution < 1.29 is 0 Å². The number of H-pyrrole nitrogens is 1. The molecule has 1 saturated carbocycles. The van der Waals surface area contributed by atoms with Crippen LogP contribution in [0.3, 0.4) is 0 Å². The predicted octanol–water partition coefficient (Wildman–Crippen LogP) is 2.14. The van der Waals surface area contributed by atoms with Gasteiger partial charge in [-0.3, -0.25) is 9.69 Å². The van der Waals surface area contributed by atoms with Gasteiger partial charge in [-0.15, -0.1) is 0 Å². The Balaban J connectivity index is 1.30. The molecule has 25 heavy (non-hydrogen) atoms. The van der Waals surface area contributed by atoms with Gasteiger partial charge in [0.25, 0.3) is 5.56 Å². The first kappa shape index (κ1) is 17.2. The highest BCUT2D eigenvalue weighted by atomic mass is 16.1. The molecule has 0 atom stereocenters. The highest BCUT2D eigenvalue weighted by Gasteiger charge is 2.25. The van der Waals surface area contributed by atoms with Gasteiger partial charge in [-0.2, -0.15) is 5.10 Å². The molecule has 2 aliphatic carbocycles. The van der Waals surface area contributed by atoms with Crippen molar-refractivity contribution in [2.75, 3.05) is 32.7 Å². The van der Waals surface area contributed by atoms with Gasteiger partial charge in [0.2, 0.25) is 0 Å². The summed E-state index contributed by atoms with van der Waals surface area (Å²) in [5.74, 6) is 0. The van der Waals surface area contributed by atoms with Crippen LogP contribution in [0.2, 0.25) is 0 Å². The summed E-state index contributed by atoms with van der Waals surface area (Å²) in [6.07, 6.45) is 12.4. The molecule has 0 radical (unpaired) electrons. The van der Waals surface area contributed by atoms with Crippen LogP contribution < -0.4 is 5.56 Å². The minimum absolute atomic E-state index is 0.0412. The summed E-state index contributed by atoms with van der Waals surface area (Å²) in [5.41, 5.74) is 3.46. The third kappa shape index (κ3) is 3.98. The van der Waals surface area contributed by atoms with Crippen molar-refractivity contribution in [2.24, 2.45) is 0 Å². The van der Waals surface area contributed by atoms with Crippen molar-refractivity contribution in [3.8, 4) is 0 Å². The molecule has 0 spiro atoms. The summed E-state index contributed by atoms with van der Waals surface area (Å²) in [4.78, 5) is 17.3. The molecular weight excluding hydrogens is 312 g/mol. The fourth-order valence-corrected chi connectivity index (χ4v) is 5.00. The molecule has 0 unspecified atom stereocenters. The average Bonchev–Trinajstić information content (AvgIpc) is 2.69. The predicted molar refractivity (Wildman–Crippen MR) is 100 cm³/mol. The Hall–Kier alpha value is -1.20. The van der Waals surface area contributed by atoms with Gasteiger partial charge in [0.1, 0.15) is 0 Å². The molecule has 0 bridgehead atoms. The van der Waals surface area contributed by atoms with Crippen molar-refractivity contribution >= 4 is 0 Å². The van der Waals surface area contributed by atoms with E-state index in [1.807, 2.05) is 0 Å². The van der Waals surface area contributed by atoms with Gasteiger partial charge in [0.15, 0.2) is 0 Å². The normalized spacial score (nSPS) is 23.5. The van der Waals surface area contributed by atoms with E-state index in [1.165, 1.54) is 70.3 Å². The molecule has 1 aromatic rings. The first-order chi connectivity index (χ1) is 12.3. The van der Waals surface area contributed by atoms with E-state index in [4.69, 9.17) is 0 Å². The summed E-state index contributed by atoms with van der Waals surface area (Å²) in [7, 11) is 0. The largest absolute Gasteiger partial charge is 0.300 e. The number of piperazine rings is 1. The Morgan fingerprint density at radius 2 is 1.64 bits per heavy atom. The van der Waals surface area contributed by atoms with Crippen LogP contribution in [0.25, 0.3) is 0 Å². The van der Waals surface area contributed by atoms with Crippen LogP contribution in [-0.2, 0) is 19.3 Å². The number of aromatic nitrogens is 2. The first-order valence-electron chi connectivity index (χ1n) is 10.4. The lowest BCUT2D eigenvalue weighted by molar-refractivity contribution is 0.0794. The van der Waals surface area contributed by atoms with Crippen molar-refractivity contribution in [3.05, 3.63) is 27.2 Å². The Morgan fingerprint density at radius 1 is 0.920 bits per heavy atom. The van der Waals surface area contributed by atoms with Gasteiger partial charge in [0.05, 0.1) is 5.69 Å². The fourth-order valence-electron chi connectivity index (χ4n) is 5.00. The monoisotopic (exact) mass is 344 g/mol. The molecule has 1 saturated heterocycles. The number of rotatable bonds is 4. The summed E-state index contributed by atoms with van der Waals surface area (Å²) in [5, 5.41) is 7.12. The van der Waals surface area contributed by atoms with Crippen LogP contribution in [0, 0.1) is 0 Å². The summed E-state index contributed by atoms with van der Waals surface area (Å²) in [6.45, 7) is 5.89. The van der Waals surface area contributed by atoms with Crippen molar-refractivity contribution in [1.82, 2.24) is 20.0 Å². The van der Waals surface area contributed by atoms with Crippen LogP contribution in [0.4, 0.5) is 0 Å². The minimum Gasteiger partial charge on any atom is -0.300 e. The third-order valence-electron chi connectivity index (χ3n) is 6.55. The van der Waals surface area contributed by atoms with Gasteiger partial charge in [0, 0.05) is 50.7 Å². The number of hydrogen-bond donors (Lipinski definition) is 1. The third-order valence-corrected chi connectivity index (χ3v) is 6.55. The van der Waals surface area contributed by atoms with E-state index in [-0.39, 0.29) is 5.56 Å². The molecule has 4 rings (SSSR count). The second-order valence-corrected chi connectivity index (χ2v) is 8.08. The van der Waals surface area contributed by atoms with E-state index in [0.29, 0.717) is 0 Å². The second kappa shape index (κ2) is 8.00. The SMILES string of the molecule is O=c1[nH]nc(CCN2CCN(C3CCCCC3)CC2)c2c1CCCC2. The van der Waals surface area contributed by atoms with E-state index in [9.17, 15) is 4.79 Å². The lowest BCUT2D eigenvalue weighted by Gasteiger charge is -2.40. The quantitative estimate of drug-likeness (QED) is 0.909. The molecule has 138 valence electrons. The van der Waals surface area contributed by atoms with Gasteiger partial charge in [-0.05, 0) is 44.1 Å². The average molecular weight is 345 g/mol. The molecule has 0 aromatic carbocycles. The van der Waals surface area contributed by atoms with E-state index in [2.05, 4.69) is 20.0 Å². The number of hydrogen-bond acceptors (Lipinski definition) is 4. The molecule has 5 heteroatoms. The number of fused-ring (bicyclic) bond motifs is 1. The zero-order valence-electron chi connectivity index (χ0n) is 15.4. The van der Waals surface area contributed by atoms with Gasteiger partial charge >= 0.3 is 0 Å². The molecule has 2 fully saturated rings. The van der Waals surface area contributed by atoms with E-state index in [0.717, 1.165) is 49.5 Å². The van der Waals surface area contributed by atoms with Crippen LogP contribution >= 0.6 is 0 Å². The van der Waals surface area contributed by atoms with Crippen molar-refractivity contribution in [3.63, 3.8) is 0 Å². The molecular formula is C20H32N4O. The molecule has 0 amide bonds. The lowest BCUT2D eigenvalue weighted by atomic mass is 9.91. The van der Waals surface area contributed by atoms with Crippen molar-refractivity contribution in [1.29, 1.82) is 0 Å². The smallest absolute Gasteiger partial charge is 0.267 e. The van der Waals surface area contributed by atoms with Gasteiger partial charge in [-0.25, -0.2) is 5.10 Å². The van der Waals surface area contributed by atoms with Crippen LogP contribution in [0.15, 0.2) is 4.79 Å². The summed E-state index contributed by atoms with van der Waals surface area (Å²) >= 11 is 0. The summed E-state index contributed by atoms with van der Waals surface area (Å²) in [6, 6.07) is 0.851. The molecule has 1 aromatic heterocycles. The Kier molecular flexibility index (Phi) is 5.51. The maximum Gasteiger partial charge on any atom is 0.267 e. The molecule has 5 nitrogen and oxygen atoms in total. The molecule has 2 heterocycles. The van der Waals surface area contributed by atoms with Crippen LogP contribution in [0.5, 0.6) is 0 Å². The Morgan fingerprint density at radius 3 is 2.40 bits per heavy atom. The van der Waals surface area contributed by atoms with E-state index < -0.39 is 0 Å². The highest BCUT2D eigenvalue weighted by molar-refractivity contribution is 5.30. The molecule has 1 aliphatic heterocycles. The minimum atomic E-state index is 0.0412. The number of nitrogens with one attached hydrogen (secondary N) is 1. The first-order valence-corrected chi connectivity index (χ1v) is 10.4. The summed E-state index contributed by atoms with van der Waals surface area (Å²) < 4.78 is 0. The standard InChI is InChI=1S/C20H32N4O/c25-20-18-9-5-4-8-17(18)19(21-22-20)10-11-23-12-14-24(15-13-23)16-6-2-1-3-7-16/h16H,1-15H2,(H,22,25). The topological polar surface area (TPSA) is 52.2 Å². The van der Waals surface area contributed by atoms with E-state index >= 15 is 0 Å². The Labute approximate surface area is 150 Å². The molecule has 3 aliphatic rings. The fraction of sp³-hybridized carbons (Fsp3) is 0.800. The van der Waals surface area contributed by atoms with Gasteiger partial charge in [-0.1, -0.05) is 19.3 Å². The van der Waals surface area contributed by atoms with Crippen molar-refractivity contribution in [2.45, 2.75) is 70.3 Å². The van der Waals surface area contributed by atoms with E-state index in [1.54, 1.807) is 0 Å². The number of nitrogens with zero attached hydrogens (tertiary/aromatic N) is 3. The maximum atomic E-state index is 12.0. The second-order valence-electron chi connectivity index (χ2n) is 8.08. The van der Waals surface area contributed by atoms with Crippen LogP contribution in [-0.4, -0.2) is 58.8 Å². The lowest BCUT2D eigenvalue weighted by Crippen LogP contribution is -2.51.